The van der Waals surface area contributed by atoms with Crippen LogP contribution in [0.4, 0.5) is 4.39 Å². The first-order valence-corrected chi connectivity index (χ1v) is 11.3. The van der Waals surface area contributed by atoms with Gasteiger partial charge < -0.3 is 10.2 Å². The number of amides is 2. The summed E-state index contributed by atoms with van der Waals surface area (Å²) < 4.78 is 14.2. The number of carbonyl (C=O) groups is 2. The minimum absolute atomic E-state index is 0.0377. The fourth-order valence-corrected chi connectivity index (χ4v) is 4.13. The van der Waals surface area contributed by atoms with Gasteiger partial charge in [0.2, 0.25) is 11.8 Å². The van der Waals surface area contributed by atoms with Crippen molar-refractivity contribution in [1.82, 2.24) is 10.2 Å². The first-order chi connectivity index (χ1) is 14.2. The van der Waals surface area contributed by atoms with E-state index >= 15 is 0 Å². The molecule has 0 spiro atoms. The molecule has 0 saturated carbocycles. The zero-order valence-electron chi connectivity index (χ0n) is 18.4. The van der Waals surface area contributed by atoms with Crippen LogP contribution in [0.3, 0.4) is 0 Å². The lowest BCUT2D eigenvalue weighted by Gasteiger charge is -2.29. The maximum absolute atomic E-state index is 14.2. The Morgan fingerprint density at radius 3 is 2.30 bits per heavy atom. The fraction of sp³-hybridized carbons (Fsp3) is 0.417. The monoisotopic (exact) mass is 430 g/mol. The molecule has 4 nitrogen and oxygen atoms in total. The van der Waals surface area contributed by atoms with Gasteiger partial charge in [0.25, 0.3) is 0 Å². The first-order valence-electron chi connectivity index (χ1n) is 10.2. The minimum atomic E-state index is -0.693. The third kappa shape index (κ3) is 7.17. The minimum Gasteiger partial charge on any atom is -0.352 e. The molecule has 0 fully saturated rings. The largest absolute Gasteiger partial charge is 0.352 e. The van der Waals surface area contributed by atoms with E-state index in [-0.39, 0.29) is 36.0 Å². The average Bonchev–Trinajstić information content (AvgIpc) is 2.65. The molecule has 1 atom stereocenters. The number of hydrogen-bond donors (Lipinski definition) is 1. The molecule has 2 rings (SSSR count). The Morgan fingerprint density at radius 2 is 1.70 bits per heavy atom. The van der Waals surface area contributed by atoms with Crippen LogP contribution in [0.5, 0.6) is 0 Å². The zero-order chi connectivity index (χ0) is 22.3. The second-order valence-electron chi connectivity index (χ2n) is 7.94. The third-order valence-corrected chi connectivity index (χ3v) is 5.66. The van der Waals surface area contributed by atoms with Crippen LogP contribution in [-0.4, -0.2) is 34.6 Å². The van der Waals surface area contributed by atoms with Gasteiger partial charge in [-0.1, -0.05) is 47.5 Å². The van der Waals surface area contributed by atoms with E-state index in [4.69, 9.17) is 0 Å². The molecule has 1 N–H and O–H groups in total. The second kappa shape index (κ2) is 11.2. The van der Waals surface area contributed by atoms with Gasteiger partial charge >= 0.3 is 0 Å². The molecule has 0 aromatic heterocycles. The Labute approximate surface area is 183 Å². The SMILES string of the molecule is Cc1cc(C)cc(CSCC(=O)N(Cc2ccccc2F)[C@H](C)C(=O)NC(C)C)c1. The van der Waals surface area contributed by atoms with E-state index in [0.29, 0.717) is 11.3 Å². The van der Waals surface area contributed by atoms with Crippen molar-refractivity contribution in [1.29, 1.82) is 0 Å². The van der Waals surface area contributed by atoms with E-state index < -0.39 is 6.04 Å². The van der Waals surface area contributed by atoms with Crippen LogP contribution in [0.2, 0.25) is 0 Å². The Kier molecular flexibility index (Phi) is 8.90. The highest BCUT2D eigenvalue weighted by Crippen LogP contribution is 2.19. The zero-order valence-corrected chi connectivity index (χ0v) is 19.2. The maximum Gasteiger partial charge on any atom is 0.242 e. The number of benzene rings is 2. The van der Waals surface area contributed by atoms with Gasteiger partial charge in [0.1, 0.15) is 11.9 Å². The Hall–Kier alpha value is -2.34. The molecule has 0 aliphatic heterocycles. The van der Waals surface area contributed by atoms with Crippen LogP contribution in [0.25, 0.3) is 0 Å². The summed E-state index contributed by atoms with van der Waals surface area (Å²) in [6.07, 6.45) is 0. The highest BCUT2D eigenvalue weighted by Gasteiger charge is 2.27. The van der Waals surface area contributed by atoms with Crippen molar-refractivity contribution in [3.63, 3.8) is 0 Å². The van der Waals surface area contributed by atoms with Crippen LogP contribution in [-0.2, 0) is 21.9 Å². The van der Waals surface area contributed by atoms with Crippen molar-refractivity contribution < 1.29 is 14.0 Å². The Morgan fingerprint density at radius 1 is 1.07 bits per heavy atom. The van der Waals surface area contributed by atoms with E-state index in [1.807, 2.05) is 13.8 Å². The van der Waals surface area contributed by atoms with E-state index in [1.165, 1.54) is 33.9 Å². The molecule has 30 heavy (non-hydrogen) atoms. The molecule has 2 amide bonds. The summed E-state index contributed by atoms with van der Waals surface area (Å²) in [7, 11) is 0. The topological polar surface area (TPSA) is 49.4 Å². The number of nitrogens with zero attached hydrogens (tertiary/aromatic N) is 1. The Balaban J connectivity index is 2.10. The lowest BCUT2D eigenvalue weighted by Crippen LogP contribution is -2.49. The number of hydrogen-bond acceptors (Lipinski definition) is 3. The first kappa shape index (κ1) is 23.9. The van der Waals surface area contributed by atoms with E-state index in [9.17, 15) is 14.0 Å². The van der Waals surface area contributed by atoms with E-state index in [0.717, 1.165) is 5.56 Å². The van der Waals surface area contributed by atoms with Crippen molar-refractivity contribution >= 4 is 23.6 Å². The van der Waals surface area contributed by atoms with Gasteiger partial charge in [0.05, 0.1) is 5.75 Å². The Bertz CT molecular complexity index is 865. The van der Waals surface area contributed by atoms with Crippen LogP contribution in [0.1, 0.15) is 43.0 Å². The summed E-state index contributed by atoms with van der Waals surface area (Å²) in [5, 5.41) is 2.84. The quantitative estimate of drug-likeness (QED) is 0.632. The van der Waals surface area contributed by atoms with Crippen molar-refractivity contribution in [2.75, 3.05) is 5.75 Å². The predicted octanol–water partition coefficient (Wildman–Crippen LogP) is 4.62. The summed E-state index contributed by atoms with van der Waals surface area (Å²) in [6, 6.07) is 12.0. The molecule has 0 bridgehead atoms. The van der Waals surface area contributed by atoms with Gasteiger partial charge in [-0.2, -0.15) is 0 Å². The van der Waals surface area contributed by atoms with Gasteiger partial charge in [0.15, 0.2) is 0 Å². The molecule has 0 heterocycles. The number of nitrogens with one attached hydrogen (secondary N) is 1. The number of aryl methyl sites for hydroxylation is 2. The van der Waals surface area contributed by atoms with Crippen LogP contribution in [0, 0.1) is 19.7 Å². The summed E-state index contributed by atoms with van der Waals surface area (Å²) in [5.74, 6) is 0.123. The number of halogens is 1. The molecule has 2 aromatic rings. The van der Waals surface area contributed by atoms with Crippen LogP contribution >= 0.6 is 11.8 Å². The van der Waals surface area contributed by atoms with Crippen molar-refractivity contribution in [2.45, 2.75) is 59.0 Å². The molecule has 6 heteroatoms. The van der Waals surface area contributed by atoms with Gasteiger partial charge in [-0.15, -0.1) is 11.8 Å². The fourth-order valence-electron chi connectivity index (χ4n) is 3.29. The molecule has 0 unspecified atom stereocenters. The number of rotatable bonds is 9. The molecule has 2 aromatic carbocycles. The summed E-state index contributed by atoms with van der Waals surface area (Å²) >= 11 is 1.50. The van der Waals surface area contributed by atoms with Gasteiger partial charge in [-0.3, -0.25) is 9.59 Å². The van der Waals surface area contributed by atoms with Gasteiger partial charge in [0, 0.05) is 23.9 Å². The molecular weight excluding hydrogens is 399 g/mol. The van der Waals surface area contributed by atoms with Gasteiger partial charge in [-0.25, -0.2) is 4.39 Å². The van der Waals surface area contributed by atoms with Crippen molar-refractivity contribution in [3.8, 4) is 0 Å². The normalized spacial score (nSPS) is 12.0. The lowest BCUT2D eigenvalue weighted by atomic mass is 10.1. The van der Waals surface area contributed by atoms with Crippen molar-refractivity contribution in [2.24, 2.45) is 0 Å². The summed E-state index contributed by atoms with van der Waals surface area (Å²) in [5.41, 5.74) is 3.94. The smallest absolute Gasteiger partial charge is 0.242 e. The highest BCUT2D eigenvalue weighted by molar-refractivity contribution is 7.99. The van der Waals surface area contributed by atoms with Crippen LogP contribution < -0.4 is 5.32 Å². The second-order valence-corrected chi connectivity index (χ2v) is 8.93. The standard InChI is InChI=1S/C24H31FN2O2S/c1-16(2)26-24(29)19(5)27(13-21-8-6-7-9-22(21)25)23(28)15-30-14-20-11-17(3)10-18(4)12-20/h6-12,16,19H,13-15H2,1-5H3,(H,26,29)/t19-/m1/s1. The lowest BCUT2D eigenvalue weighted by molar-refractivity contribution is -0.138. The number of carbonyl (C=O) groups excluding carboxylic acids is 2. The summed E-state index contributed by atoms with van der Waals surface area (Å²) in [4.78, 5) is 27.0. The van der Waals surface area contributed by atoms with E-state index in [2.05, 4.69) is 37.4 Å². The van der Waals surface area contributed by atoms with Gasteiger partial charge in [-0.05, 0) is 46.2 Å². The maximum atomic E-state index is 14.2. The molecule has 0 aliphatic carbocycles. The molecule has 0 aliphatic rings. The average molecular weight is 431 g/mol. The molecular formula is C24H31FN2O2S. The molecule has 0 radical (unpaired) electrons. The predicted molar refractivity (Wildman–Crippen MR) is 122 cm³/mol. The van der Waals surface area contributed by atoms with Crippen molar-refractivity contribution in [3.05, 3.63) is 70.5 Å². The summed E-state index contributed by atoms with van der Waals surface area (Å²) in [6.45, 7) is 9.59. The van der Waals surface area contributed by atoms with Crippen LogP contribution in [0.15, 0.2) is 42.5 Å². The third-order valence-electron chi connectivity index (χ3n) is 4.67. The van der Waals surface area contributed by atoms with E-state index in [1.54, 1.807) is 25.1 Å². The number of thioether (sulfide) groups is 1. The highest BCUT2D eigenvalue weighted by atomic mass is 32.2. The molecule has 162 valence electrons. The molecule has 0 saturated heterocycles.